The number of hydrogen-bond donors (Lipinski definition) is 1. The molecule has 1 rings (SSSR count). The van der Waals surface area contributed by atoms with Crippen LogP contribution in [0, 0.1) is 12.7 Å². The number of anilines is 2. The van der Waals surface area contributed by atoms with Gasteiger partial charge in [0.05, 0.1) is 18.0 Å². The SMILES string of the molecule is CCC(CC)N(CCOC)c1cc(C)c(F)cc1N. The van der Waals surface area contributed by atoms with Gasteiger partial charge in [0.15, 0.2) is 0 Å². The molecule has 1 aromatic carbocycles. The summed E-state index contributed by atoms with van der Waals surface area (Å²) in [6, 6.07) is 3.63. The smallest absolute Gasteiger partial charge is 0.128 e. The van der Waals surface area contributed by atoms with Crippen LogP contribution in [0.3, 0.4) is 0 Å². The lowest BCUT2D eigenvalue weighted by atomic mass is 10.1. The number of halogens is 1. The fourth-order valence-electron chi connectivity index (χ4n) is 2.35. The maximum Gasteiger partial charge on any atom is 0.128 e. The topological polar surface area (TPSA) is 38.5 Å². The molecule has 0 saturated carbocycles. The Morgan fingerprint density at radius 1 is 1.32 bits per heavy atom. The average Bonchev–Trinajstić information content (AvgIpc) is 2.39. The van der Waals surface area contributed by atoms with Crippen LogP contribution in [0.1, 0.15) is 32.3 Å². The van der Waals surface area contributed by atoms with Gasteiger partial charge in [0, 0.05) is 19.7 Å². The minimum Gasteiger partial charge on any atom is -0.397 e. The molecule has 0 spiro atoms. The van der Waals surface area contributed by atoms with Gasteiger partial charge < -0.3 is 15.4 Å². The van der Waals surface area contributed by atoms with E-state index in [-0.39, 0.29) is 5.82 Å². The summed E-state index contributed by atoms with van der Waals surface area (Å²) in [4.78, 5) is 2.23. The van der Waals surface area contributed by atoms with E-state index in [1.54, 1.807) is 14.0 Å². The van der Waals surface area contributed by atoms with Crippen molar-refractivity contribution >= 4 is 11.4 Å². The number of methoxy groups -OCH3 is 1. The highest BCUT2D eigenvalue weighted by Gasteiger charge is 2.18. The summed E-state index contributed by atoms with van der Waals surface area (Å²) >= 11 is 0. The van der Waals surface area contributed by atoms with Crippen LogP contribution in [0.2, 0.25) is 0 Å². The minimum absolute atomic E-state index is 0.252. The quantitative estimate of drug-likeness (QED) is 0.771. The Bertz CT molecular complexity index is 405. The van der Waals surface area contributed by atoms with Crippen LogP contribution in [0.15, 0.2) is 12.1 Å². The van der Waals surface area contributed by atoms with E-state index >= 15 is 0 Å². The molecular weight excluding hydrogens is 243 g/mol. The zero-order valence-electron chi connectivity index (χ0n) is 12.4. The molecule has 0 fully saturated rings. The van der Waals surface area contributed by atoms with Gasteiger partial charge in [-0.05, 0) is 37.5 Å². The summed E-state index contributed by atoms with van der Waals surface area (Å²) in [7, 11) is 1.68. The van der Waals surface area contributed by atoms with Crippen molar-refractivity contribution < 1.29 is 9.13 Å². The third-order valence-electron chi connectivity index (χ3n) is 3.54. The van der Waals surface area contributed by atoms with Gasteiger partial charge in [0.2, 0.25) is 0 Å². The number of ether oxygens (including phenoxy) is 1. The van der Waals surface area contributed by atoms with Crippen LogP contribution in [-0.4, -0.2) is 26.3 Å². The van der Waals surface area contributed by atoms with E-state index < -0.39 is 0 Å². The molecule has 0 atom stereocenters. The van der Waals surface area contributed by atoms with Crippen LogP contribution in [0.25, 0.3) is 0 Å². The van der Waals surface area contributed by atoms with Gasteiger partial charge in [-0.1, -0.05) is 13.8 Å². The van der Waals surface area contributed by atoms with Gasteiger partial charge >= 0.3 is 0 Å². The molecule has 19 heavy (non-hydrogen) atoms. The highest BCUT2D eigenvalue weighted by Crippen LogP contribution is 2.29. The molecule has 0 aliphatic heterocycles. The van der Waals surface area contributed by atoms with Crippen LogP contribution in [0.4, 0.5) is 15.8 Å². The van der Waals surface area contributed by atoms with Crippen LogP contribution in [0.5, 0.6) is 0 Å². The van der Waals surface area contributed by atoms with Crippen molar-refractivity contribution in [1.82, 2.24) is 0 Å². The Kier molecular flexibility index (Phi) is 6.09. The van der Waals surface area contributed by atoms with Gasteiger partial charge in [-0.15, -0.1) is 0 Å². The Morgan fingerprint density at radius 3 is 2.47 bits per heavy atom. The first-order chi connectivity index (χ1) is 9.04. The Morgan fingerprint density at radius 2 is 1.95 bits per heavy atom. The molecule has 0 unspecified atom stereocenters. The average molecular weight is 268 g/mol. The maximum absolute atomic E-state index is 13.5. The monoisotopic (exact) mass is 268 g/mol. The van der Waals surface area contributed by atoms with Crippen molar-refractivity contribution in [2.24, 2.45) is 0 Å². The van der Waals surface area contributed by atoms with E-state index in [9.17, 15) is 4.39 Å². The first kappa shape index (κ1) is 15.8. The number of rotatable bonds is 7. The highest BCUT2D eigenvalue weighted by atomic mass is 19.1. The summed E-state index contributed by atoms with van der Waals surface area (Å²) in [5, 5.41) is 0. The lowest BCUT2D eigenvalue weighted by Crippen LogP contribution is -2.37. The van der Waals surface area contributed by atoms with E-state index in [1.807, 2.05) is 6.07 Å². The summed E-state index contributed by atoms with van der Waals surface area (Å²) < 4.78 is 18.7. The summed E-state index contributed by atoms with van der Waals surface area (Å²) in [6.45, 7) is 7.46. The molecule has 0 aliphatic carbocycles. The van der Waals surface area contributed by atoms with E-state index in [0.717, 1.165) is 25.1 Å². The van der Waals surface area contributed by atoms with Gasteiger partial charge in [-0.2, -0.15) is 0 Å². The van der Waals surface area contributed by atoms with Crippen molar-refractivity contribution in [3.63, 3.8) is 0 Å². The predicted molar refractivity (Wildman–Crippen MR) is 79.1 cm³/mol. The number of nitrogens with zero attached hydrogens (tertiary/aromatic N) is 1. The van der Waals surface area contributed by atoms with Crippen LogP contribution < -0.4 is 10.6 Å². The molecule has 2 N–H and O–H groups in total. The molecular formula is C15H25FN2O. The van der Waals surface area contributed by atoms with Crippen LogP contribution in [-0.2, 0) is 4.74 Å². The Balaban J connectivity index is 3.12. The minimum atomic E-state index is -0.252. The van der Waals surface area contributed by atoms with Crippen molar-refractivity contribution in [2.75, 3.05) is 30.9 Å². The van der Waals surface area contributed by atoms with Gasteiger partial charge in [-0.25, -0.2) is 4.39 Å². The first-order valence-corrected chi connectivity index (χ1v) is 6.86. The lowest BCUT2D eigenvalue weighted by molar-refractivity contribution is 0.202. The van der Waals surface area contributed by atoms with E-state index in [1.165, 1.54) is 6.07 Å². The second-order valence-electron chi connectivity index (χ2n) is 4.82. The Hall–Kier alpha value is -1.29. The van der Waals surface area contributed by atoms with Crippen LogP contribution >= 0.6 is 0 Å². The molecule has 4 heteroatoms. The van der Waals surface area contributed by atoms with E-state index in [4.69, 9.17) is 10.5 Å². The highest BCUT2D eigenvalue weighted by molar-refractivity contribution is 5.69. The zero-order chi connectivity index (χ0) is 14.4. The zero-order valence-corrected chi connectivity index (χ0v) is 12.4. The van der Waals surface area contributed by atoms with Crippen molar-refractivity contribution in [2.45, 2.75) is 39.7 Å². The van der Waals surface area contributed by atoms with Crippen molar-refractivity contribution in [3.8, 4) is 0 Å². The van der Waals surface area contributed by atoms with Gasteiger partial charge in [0.25, 0.3) is 0 Å². The third-order valence-corrected chi connectivity index (χ3v) is 3.54. The number of benzene rings is 1. The molecule has 0 aromatic heterocycles. The number of hydrogen-bond acceptors (Lipinski definition) is 3. The third kappa shape index (κ3) is 3.83. The molecule has 0 heterocycles. The molecule has 108 valence electrons. The molecule has 0 radical (unpaired) electrons. The van der Waals surface area contributed by atoms with Gasteiger partial charge in [-0.3, -0.25) is 0 Å². The number of nitrogen functional groups attached to an aromatic ring is 1. The second kappa shape index (κ2) is 7.34. The number of nitrogens with two attached hydrogens (primary N) is 1. The number of aryl methyl sites for hydroxylation is 1. The maximum atomic E-state index is 13.5. The molecule has 0 saturated heterocycles. The molecule has 0 amide bonds. The van der Waals surface area contributed by atoms with Crippen molar-refractivity contribution in [3.05, 3.63) is 23.5 Å². The molecule has 3 nitrogen and oxygen atoms in total. The van der Waals surface area contributed by atoms with E-state index in [2.05, 4.69) is 18.7 Å². The normalized spacial score (nSPS) is 11.1. The molecule has 0 bridgehead atoms. The second-order valence-corrected chi connectivity index (χ2v) is 4.82. The fraction of sp³-hybridized carbons (Fsp3) is 0.600. The summed E-state index contributed by atoms with van der Waals surface area (Å²) in [5.74, 6) is -0.252. The first-order valence-electron chi connectivity index (χ1n) is 6.86. The van der Waals surface area contributed by atoms with E-state index in [0.29, 0.717) is 23.9 Å². The van der Waals surface area contributed by atoms with Gasteiger partial charge in [0.1, 0.15) is 5.82 Å². The fourth-order valence-corrected chi connectivity index (χ4v) is 2.35. The largest absolute Gasteiger partial charge is 0.397 e. The Labute approximate surface area is 115 Å². The molecule has 1 aromatic rings. The molecule has 0 aliphatic rings. The summed E-state index contributed by atoms with van der Waals surface area (Å²) in [5.41, 5.74) is 8.01. The lowest BCUT2D eigenvalue weighted by Gasteiger charge is -2.33. The van der Waals surface area contributed by atoms with Crippen molar-refractivity contribution in [1.29, 1.82) is 0 Å². The standard InChI is InChI=1S/C15H25FN2O/c1-5-12(6-2)18(7-8-19-4)15-9-11(3)13(16)10-14(15)17/h9-10,12H,5-8,17H2,1-4H3. The summed E-state index contributed by atoms with van der Waals surface area (Å²) in [6.07, 6.45) is 2.05. The predicted octanol–water partition coefficient (Wildman–Crippen LogP) is 3.36.